The maximum atomic E-state index is 14.3. The van der Waals surface area contributed by atoms with Crippen molar-refractivity contribution in [3.63, 3.8) is 0 Å². The first-order chi connectivity index (χ1) is 27.8. The number of H-pyrrole nitrogens is 1. The van der Waals surface area contributed by atoms with Crippen molar-refractivity contribution >= 4 is 46.4 Å². The number of unbranched alkanes of at least 4 members (excludes halogenated alkanes) is 2. The van der Waals surface area contributed by atoms with Crippen LogP contribution in [0.4, 0.5) is 0 Å². The van der Waals surface area contributed by atoms with Crippen LogP contribution in [0.1, 0.15) is 112 Å². The van der Waals surface area contributed by atoms with Crippen LogP contribution in [-0.4, -0.2) is 112 Å². The highest BCUT2D eigenvalue weighted by molar-refractivity contribution is 5.97. The summed E-state index contributed by atoms with van der Waals surface area (Å²) in [4.78, 5) is 86.5. The second-order valence-corrected chi connectivity index (χ2v) is 17.7. The zero-order chi connectivity index (χ0) is 43.9. The van der Waals surface area contributed by atoms with Crippen molar-refractivity contribution in [3.8, 4) is 0 Å². The molecule has 0 spiro atoms. The predicted octanol–water partition coefficient (Wildman–Crippen LogP) is 2.44. The second kappa shape index (κ2) is 23.3. The number of carboxylic acid groups (broad SMARTS) is 1. The SMILES string of the molecule is CC(C)C[C@H](NC(=O)[C@@H](NC(=O)[C@H](Cc1c[nH]c2ccccc12)NC(=O)[C@@H]1CCCN1C(=O)[C@H](CCCCN)NC(=O)[C@@H](N)CCCCNC(C)C)C(C)(C)C)C(=O)O. The van der Waals surface area contributed by atoms with Crippen molar-refractivity contribution in [1.82, 2.24) is 36.5 Å². The number of carbonyl (C=O) groups excluding carboxylic acids is 5. The minimum absolute atomic E-state index is 0.0147. The number of benzene rings is 1. The number of nitrogens with zero attached hydrogens (tertiary/aromatic N) is 1. The highest BCUT2D eigenvalue weighted by atomic mass is 16.4. The molecule has 16 nitrogen and oxygen atoms in total. The fourth-order valence-corrected chi connectivity index (χ4v) is 7.41. The molecule has 0 aliphatic carbocycles. The number of rotatable bonds is 24. The van der Waals surface area contributed by atoms with E-state index in [1.807, 2.05) is 38.1 Å². The Kier molecular flexibility index (Phi) is 19.3. The van der Waals surface area contributed by atoms with Gasteiger partial charge in [0.05, 0.1) is 6.04 Å². The van der Waals surface area contributed by atoms with Crippen LogP contribution in [0.2, 0.25) is 0 Å². The first kappa shape index (κ1) is 48.8. The number of aromatic amines is 1. The fourth-order valence-electron chi connectivity index (χ4n) is 7.41. The van der Waals surface area contributed by atoms with Crippen LogP contribution in [0.15, 0.2) is 30.5 Å². The molecule has 0 radical (unpaired) electrons. The number of carboxylic acids is 1. The zero-order valence-electron chi connectivity index (χ0n) is 36.2. The Bertz CT molecular complexity index is 1710. The lowest BCUT2D eigenvalue weighted by Gasteiger charge is -2.33. The van der Waals surface area contributed by atoms with E-state index in [0.717, 1.165) is 35.9 Å². The highest BCUT2D eigenvalue weighted by Crippen LogP contribution is 2.24. The summed E-state index contributed by atoms with van der Waals surface area (Å²) < 4.78 is 0. The van der Waals surface area contributed by atoms with Gasteiger partial charge < -0.3 is 53.0 Å². The summed E-state index contributed by atoms with van der Waals surface area (Å²) in [6.45, 7) is 14.6. The van der Waals surface area contributed by atoms with Crippen LogP contribution in [0.5, 0.6) is 0 Å². The third-order valence-corrected chi connectivity index (χ3v) is 10.7. The van der Waals surface area contributed by atoms with Gasteiger partial charge in [0.15, 0.2) is 0 Å². The molecule has 5 amide bonds. The molecular formula is C43H71N9O7. The molecule has 0 saturated carbocycles. The molecule has 2 aromatic rings. The van der Waals surface area contributed by atoms with Gasteiger partial charge in [0.2, 0.25) is 29.5 Å². The van der Waals surface area contributed by atoms with Crippen molar-refractivity contribution in [3.05, 3.63) is 36.0 Å². The Morgan fingerprint density at radius 2 is 1.54 bits per heavy atom. The Balaban J connectivity index is 1.85. The van der Waals surface area contributed by atoms with Crippen molar-refractivity contribution in [2.45, 2.75) is 155 Å². The molecule has 1 fully saturated rings. The molecule has 3 rings (SSSR count). The number of carbonyl (C=O) groups is 6. The Labute approximate surface area is 349 Å². The number of para-hydroxylation sites is 1. The van der Waals surface area contributed by atoms with Crippen LogP contribution in [0, 0.1) is 11.3 Å². The van der Waals surface area contributed by atoms with Gasteiger partial charge in [0.25, 0.3) is 0 Å². The normalized spacial score (nSPS) is 17.0. The summed E-state index contributed by atoms with van der Waals surface area (Å²) in [6.07, 6.45) is 6.48. The number of aliphatic carboxylic acids is 1. The van der Waals surface area contributed by atoms with Crippen molar-refractivity contribution in [1.29, 1.82) is 0 Å². The molecule has 6 atom stereocenters. The van der Waals surface area contributed by atoms with Gasteiger partial charge >= 0.3 is 5.97 Å². The molecule has 1 aliphatic rings. The van der Waals surface area contributed by atoms with Gasteiger partial charge in [-0.15, -0.1) is 0 Å². The quantitative estimate of drug-likeness (QED) is 0.0699. The van der Waals surface area contributed by atoms with Gasteiger partial charge in [-0.25, -0.2) is 4.79 Å². The zero-order valence-corrected chi connectivity index (χ0v) is 36.2. The van der Waals surface area contributed by atoms with Gasteiger partial charge in [-0.3, -0.25) is 24.0 Å². The van der Waals surface area contributed by atoms with Gasteiger partial charge in [-0.2, -0.15) is 0 Å². The number of nitrogens with one attached hydrogen (secondary N) is 6. The molecule has 59 heavy (non-hydrogen) atoms. The second-order valence-electron chi connectivity index (χ2n) is 17.7. The number of hydrogen-bond donors (Lipinski definition) is 9. The van der Waals surface area contributed by atoms with E-state index in [9.17, 15) is 33.9 Å². The number of amides is 5. The highest BCUT2D eigenvalue weighted by Gasteiger charge is 2.41. The van der Waals surface area contributed by atoms with Crippen LogP contribution in [-0.2, 0) is 35.2 Å². The molecular weight excluding hydrogens is 755 g/mol. The molecule has 330 valence electrons. The number of aromatic nitrogens is 1. The summed E-state index contributed by atoms with van der Waals surface area (Å²) in [7, 11) is 0. The summed E-state index contributed by atoms with van der Waals surface area (Å²) in [5.41, 5.74) is 12.8. The van der Waals surface area contributed by atoms with E-state index in [4.69, 9.17) is 11.5 Å². The van der Waals surface area contributed by atoms with Gasteiger partial charge in [0, 0.05) is 36.1 Å². The predicted molar refractivity (Wildman–Crippen MR) is 229 cm³/mol. The number of hydrogen-bond acceptors (Lipinski definition) is 9. The lowest BCUT2D eigenvalue weighted by Crippen LogP contribution is -2.61. The van der Waals surface area contributed by atoms with E-state index in [2.05, 4.69) is 45.4 Å². The van der Waals surface area contributed by atoms with E-state index < -0.39 is 77.2 Å². The number of likely N-dealkylation sites (tertiary alicyclic amines) is 1. The van der Waals surface area contributed by atoms with Crippen molar-refractivity contribution in [2.75, 3.05) is 19.6 Å². The van der Waals surface area contributed by atoms with E-state index in [1.165, 1.54) is 4.90 Å². The smallest absolute Gasteiger partial charge is 0.326 e. The Morgan fingerprint density at radius 1 is 0.864 bits per heavy atom. The fraction of sp³-hybridized carbons (Fsp3) is 0.674. The molecule has 1 saturated heterocycles. The van der Waals surface area contributed by atoms with Gasteiger partial charge in [-0.05, 0) is 87.4 Å². The molecule has 1 aliphatic heterocycles. The number of nitrogens with two attached hydrogens (primary N) is 2. The molecule has 16 heteroatoms. The van der Waals surface area contributed by atoms with Crippen LogP contribution < -0.4 is 38.1 Å². The third-order valence-electron chi connectivity index (χ3n) is 10.7. The largest absolute Gasteiger partial charge is 0.480 e. The van der Waals surface area contributed by atoms with E-state index in [1.54, 1.807) is 27.0 Å². The maximum Gasteiger partial charge on any atom is 0.326 e. The topological polar surface area (TPSA) is 254 Å². The molecule has 0 bridgehead atoms. The maximum absolute atomic E-state index is 14.3. The molecule has 1 aromatic carbocycles. The molecule has 2 heterocycles. The average molecular weight is 826 g/mol. The van der Waals surface area contributed by atoms with Crippen molar-refractivity contribution < 1.29 is 33.9 Å². The van der Waals surface area contributed by atoms with E-state index in [-0.39, 0.29) is 25.3 Å². The van der Waals surface area contributed by atoms with Crippen LogP contribution in [0.3, 0.4) is 0 Å². The summed E-state index contributed by atoms with van der Waals surface area (Å²) in [6, 6.07) is 1.76. The van der Waals surface area contributed by atoms with Crippen LogP contribution in [0.25, 0.3) is 10.9 Å². The summed E-state index contributed by atoms with van der Waals surface area (Å²) in [5.74, 6) is -3.88. The standard InChI is InChI=1S/C43H71N9O7/c1-26(2)23-34(42(58)59)50-40(56)36(43(5,6)7)51-38(54)33(24-28-25-47-31-17-9-8-15-29(28)31)49-39(55)35-19-14-22-52(35)41(57)32(18-10-12-20-44)48-37(53)30(45)16-11-13-21-46-27(3)4/h8-9,15,17,25-27,30,32-36,46-47H,10-14,16,18-24,44-45H2,1-7H3,(H,48,53)(H,49,55)(H,50,56)(H,51,54)(H,58,59)/t30-,32-,33-,34-,35-,36+/m0/s1. The average Bonchev–Trinajstić information content (AvgIpc) is 3.82. The van der Waals surface area contributed by atoms with Crippen LogP contribution >= 0.6 is 0 Å². The van der Waals surface area contributed by atoms with E-state index >= 15 is 0 Å². The first-order valence-corrected chi connectivity index (χ1v) is 21.3. The first-order valence-electron chi connectivity index (χ1n) is 21.3. The Hall–Kier alpha value is -4.54. The summed E-state index contributed by atoms with van der Waals surface area (Å²) in [5, 5.41) is 25.2. The van der Waals surface area contributed by atoms with Gasteiger partial charge in [0.1, 0.15) is 30.2 Å². The molecule has 11 N–H and O–H groups in total. The number of fused-ring (bicyclic) bond motifs is 1. The minimum atomic E-state index is -1.18. The molecule has 0 unspecified atom stereocenters. The Morgan fingerprint density at radius 3 is 2.19 bits per heavy atom. The monoisotopic (exact) mass is 826 g/mol. The minimum Gasteiger partial charge on any atom is -0.480 e. The lowest BCUT2D eigenvalue weighted by atomic mass is 9.85. The summed E-state index contributed by atoms with van der Waals surface area (Å²) >= 11 is 0. The lowest BCUT2D eigenvalue weighted by molar-refractivity contribution is -0.143. The van der Waals surface area contributed by atoms with Gasteiger partial charge in [-0.1, -0.05) is 73.1 Å². The molecule has 1 aromatic heterocycles. The van der Waals surface area contributed by atoms with E-state index in [0.29, 0.717) is 51.1 Å². The van der Waals surface area contributed by atoms with Crippen molar-refractivity contribution in [2.24, 2.45) is 22.8 Å². The third kappa shape index (κ3) is 15.2.